The Balaban J connectivity index is 2.16. The van der Waals surface area contributed by atoms with Gasteiger partial charge in [-0.1, -0.05) is 76.2 Å². The number of halogens is 5. The molecule has 150 valence electrons. The van der Waals surface area contributed by atoms with Crippen molar-refractivity contribution in [1.29, 1.82) is 0 Å². The van der Waals surface area contributed by atoms with Crippen LogP contribution in [0.5, 0.6) is 5.75 Å². The predicted octanol–water partition coefficient (Wildman–Crippen LogP) is 5.41. The molecule has 0 saturated heterocycles. The van der Waals surface area contributed by atoms with Crippen LogP contribution in [0.15, 0.2) is 42.5 Å². The van der Waals surface area contributed by atoms with Crippen molar-refractivity contribution in [2.45, 2.75) is 9.96 Å². The third-order valence-electron chi connectivity index (χ3n) is 3.43. The van der Waals surface area contributed by atoms with E-state index < -0.39 is 15.9 Å². The Labute approximate surface area is 192 Å². The van der Waals surface area contributed by atoms with E-state index in [9.17, 15) is 4.79 Å². The number of alkyl halides is 3. The zero-order chi connectivity index (χ0) is 20.9. The zero-order valence-electron chi connectivity index (χ0n) is 14.2. The molecule has 0 aromatic heterocycles. The van der Waals surface area contributed by atoms with Crippen LogP contribution in [-0.2, 0) is 0 Å². The number of ether oxygens (including phenoxy) is 1. The molecule has 0 fully saturated rings. The summed E-state index contributed by atoms with van der Waals surface area (Å²) in [5, 5.41) is 8.86. The molecule has 2 aromatic rings. The number of amides is 1. The Morgan fingerprint density at radius 1 is 1.04 bits per heavy atom. The monoisotopic (exact) mass is 499 g/mol. The van der Waals surface area contributed by atoms with Crippen molar-refractivity contribution in [3.05, 3.63) is 58.1 Å². The van der Waals surface area contributed by atoms with Gasteiger partial charge in [0.15, 0.2) is 5.11 Å². The lowest BCUT2D eigenvalue weighted by atomic mass is 10.2. The molecule has 5 nitrogen and oxygen atoms in total. The lowest BCUT2D eigenvalue weighted by Gasteiger charge is -2.28. The number of carbonyl (C=O) groups is 1. The Bertz CT molecular complexity index is 856. The summed E-state index contributed by atoms with van der Waals surface area (Å²) in [5.74, 6) is -0.161. The molecule has 0 heterocycles. The molecule has 0 bridgehead atoms. The normalized spacial score (nSPS) is 12.1. The van der Waals surface area contributed by atoms with Crippen LogP contribution in [0, 0.1) is 0 Å². The number of carbonyl (C=O) groups excluding carboxylic acids is 1. The van der Waals surface area contributed by atoms with Crippen LogP contribution in [0.2, 0.25) is 10.0 Å². The van der Waals surface area contributed by atoms with Gasteiger partial charge in [0.2, 0.25) is 3.79 Å². The van der Waals surface area contributed by atoms with Crippen molar-refractivity contribution in [1.82, 2.24) is 10.6 Å². The fraction of sp³-hybridized carbons (Fsp3) is 0.176. The van der Waals surface area contributed by atoms with Gasteiger partial charge in [0.05, 0.1) is 28.4 Å². The van der Waals surface area contributed by atoms with Gasteiger partial charge in [-0.3, -0.25) is 4.79 Å². The topological polar surface area (TPSA) is 62.4 Å². The maximum absolute atomic E-state index is 12.6. The van der Waals surface area contributed by atoms with Crippen molar-refractivity contribution in [3.8, 4) is 5.75 Å². The number of para-hydroxylation sites is 2. The lowest BCUT2D eigenvalue weighted by Crippen LogP contribution is -2.56. The summed E-state index contributed by atoms with van der Waals surface area (Å²) in [4.78, 5) is 12.6. The lowest BCUT2D eigenvalue weighted by molar-refractivity contribution is 0.0931. The highest BCUT2D eigenvalue weighted by Gasteiger charge is 2.35. The Morgan fingerprint density at radius 2 is 1.64 bits per heavy atom. The molecule has 28 heavy (non-hydrogen) atoms. The van der Waals surface area contributed by atoms with Gasteiger partial charge in [-0.15, -0.1) is 0 Å². The van der Waals surface area contributed by atoms with Crippen molar-refractivity contribution in [3.63, 3.8) is 0 Å². The maximum Gasteiger partial charge on any atom is 0.256 e. The van der Waals surface area contributed by atoms with Crippen LogP contribution < -0.4 is 20.7 Å². The number of thiocarbonyl (C=S) groups is 1. The van der Waals surface area contributed by atoms with E-state index in [1.165, 1.54) is 7.11 Å². The first-order chi connectivity index (χ1) is 13.1. The minimum absolute atomic E-state index is 0.0339. The molecule has 11 heteroatoms. The van der Waals surface area contributed by atoms with Crippen LogP contribution in [0.4, 0.5) is 5.69 Å². The Kier molecular flexibility index (Phi) is 8.30. The second-order valence-corrected chi connectivity index (χ2v) is 8.94. The molecule has 0 aliphatic heterocycles. The molecule has 0 radical (unpaired) electrons. The van der Waals surface area contributed by atoms with Crippen LogP contribution >= 0.6 is 70.2 Å². The third kappa shape index (κ3) is 6.17. The summed E-state index contributed by atoms with van der Waals surface area (Å²) < 4.78 is 3.25. The SMILES string of the molecule is COc1ccccc1C(=O)NC(NC(=S)Nc1c(Cl)cccc1Cl)C(Cl)(Cl)Cl. The number of nitrogens with one attached hydrogen (secondary N) is 3. The summed E-state index contributed by atoms with van der Waals surface area (Å²) in [6.45, 7) is 0. The third-order valence-corrected chi connectivity index (χ3v) is 4.94. The van der Waals surface area contributed by atoms with E-state index in [2.05, 4.69) is 16.0 Å². The molecule has 3 N–H and O–H groups in total. The van der Waals surface area contributed by atoms with E-state index >= 15 is 0 Å². The molecule has 1 amide bonds. The second-order valence-electron chi connectivity index (χ2n) is 5.34. The number of benzene rings is 2. The van der Waals surface area contributed by atoms with Gasteiger partial charge in [-0.2, -0.15) is 0 Å². The van der Waals surface area contributed by atoms with E-state index in [-0.39, 0.29) is 10.7 Å². The number of hydrogen-bond acceptors (Lipinski definition) is 3. The summed E-state index contributed by atoms with van der Waals surface area (Å²) in [6, 6.07) is 11.6. The van der Waals surface area contributed by atoms with E-state index in [4.69, 9.17) is 75.0 Å². The number of hydrogen-bond donors (Lipinski definition) is 3. The van der Waals surface area contributed by atoms with Gasteiger partial charge in [0.1, 0.15) is 11.9 Å². The van der Waals surface area contributed by atoms with Gasteiger partial charge in [0.25, 0.3) is 5.91 Å². The molecular formula is C17H14Cl5N3O2S. The highest BCUT2D eigenvalue weighted by Crippen LogP contribution is 2.31. The van der Waals surface area contributed by atoms with Crippen LogP contribution in [0.25, 0.3) is 0 Å². The first-order valence-electron chi connectivity index (χ1n) is 7.65. The van der Waals surface area contributed by atoms with Crippen LogP contribution in [-0.4, -0.2) is 28.1 Å². The molecule has 0 aliphatic carbocycles. The van der Waals surface area contributed by atoms with Crippen molar-refractivity contribution in [2.24, 2.45) is 0 Å². The molecule has 2 rings (SSSR count). The van der Waals surface area contributed by atoms with Crippen molar-refractivity contribution >= 4 is 86.9 Å². The quantitative estimate of drug-likeness (QED) is 0.290. The summed E-state index contributed by atoms with van der Waals surface area (Å²) in [5.41, 5.74) is 0.640. The number of anilines is 1. The maximum atomic E-state index is 12.6. The Morgan fingerprint density at radius 3 is 2.21 bits per heavy atom. The minimum atomic E-state index is -1.92. The highest BCUT2D eigenvalue weighted by atomic mass is 35.6. The fourth-order valence-corrected chi connectivity index (χ4v) is 3.18. The molecule has 0 aliphatic rings. The smallest absolute Gasteiger partial charge is 0.256 e. The summed E-state index contributed by atoms with van der Waals surface area (Å²) in [6.07, 6.45) is -1.17. The highest BCUT2D eigenvalue weighted by molar-refractivity contribution is 7.80. The van der Waals surface area contributed by atoms with Crippen LogP contribution in [0.3, 0.4) is 0 Å². The van der Waals surface area contributed by atoms with Gasteiger partial charge in [0, 0.05) is 0 Å². The van der Waals surface area contributed by atoms with Crippen molar-refractivity contribution < 1.29 is 9.53 Å². The van der Waals surface area contributed by atoms with E-state index in [1.54, 1.807) is 42.5 Å². The van der Waals surface area contributed by atoms with Crippen LogP contribution in [0.1, 0.15) is 10.4 Å². The molecule has 1 atom stereocenters. The number of methoxy groups -OCH3 is 1. The first-order valence-corrected chi connectivity index (χ1v) is 9.95. The summed E-state index contributed by atoms with van der Waals surface area (Å²) >= 11 is 35.4. The predicted molar refractivity (Wildman–Crippen MR) is 120 cm³/mol. The molecule has 0 spiro atoms. The van der Waals surface area contributed by atoms with Gasteiger partial charge >= 0.3 is 0 Å². The zero-order valence-corrected chi connectivity index (χ0v) is 18.8. The minimum Gasteiger partial charge on any atom is -0.496 e. The second kappa shape index (κ2) is 10.1. The summed E-state index contributed by atoms with van der Waals surface area (Å²) in [7, 11) is 1.45. The van der Waals surface area contributed by atoms with Gasteiger partial charge in [-0.05, 0) is 36.5 Å². The molecular weight excluding hydrogens is 488 g/mol. The Hall–Kier alpha value is -1.15. The van der Waals surface area contributed by atoms with Gasteiger partial charge in [-0.25, -0.2) is 0 Å². The average Bonchev–Trinajstić information content (AvgIpc) is 2.63. The van der Waals surface area contributed by atoms with E-state index in [0.29, 0.717) is 21.5 Å². The largest absolute Gasteiger partial charge is 0.496 e. The standard InChI is InChI=1S/C17H14Cl5N3O2S/c1-27-12-8-3-2-5-9(12)14(26)24-15(17(20,21)22)25-16(28)23-13-10(18)6-4-7-11(13)19/h2-8,15H,1H3,(H,24,26)(H2,23,25,28). The van der Waals surface area contributed by atoms with E-state index in [1.807, 2.05) is 0 Å². The van der Waals surface area contributed by atoms with Gasteiger partial charge < -0.3 is 20.7 Å². The first kappa shape index (κ1) is 23.1. The van der Waals surface area contributed by atoms with E-state index in [0.717, 1.165) is 0 Å². The molecule has 1 unspecified atom stereocenters. The van der Waals surface area contributed by atoms with Crippen molar-refractivity contribution in [2.75, 3.05) is 12.4 Å². The average molecular weight is 502 g/mol. The molecule has 0 saturated carbocycles. The number of rotatable bonds is 5. The fourth-order valence-electron chi connectivity index (χ4n) is 2.14. The molecule has 2 aromatic carbocycles.